The smallest absolute Gasteiger partial charge is 0.329 e. The van der Waals surface area contributed by atoms with Gasteiger partial charge in [-0.3, -0.25) is 39.1 Å². The first-order valence-corrected chi connectivity index (χ1v) is 26.5. The molecule has 0 unspecified atom stereocenters. The van der Waals surface area contributed by atoms with Gasteiger partial charge in [0, 0.05) is 127 Å². The number of hydrogen-bond donors (Lipinski definition) is 2. The Bertz CT molecular complexity index is 3150. The molecule has 6 aromatic rings. The molecule has 0 aliphatic carbocycles. The highest BCUT2D eigenvalue weighted by molar-refractivity contribution is 6.09. The fourth-order valence-corrected chi connectivity index (χ4v) is 11.2. The Morgan fingerprint density at radius 1 is 0.855 bits per heavy atom. The largest absolute Gasteiger partial charge is 0.492 e. The van der Waals surface area contributed by atoms with Crippen LogP contribution in [-0.2, 0) is 16.6 Å². The molecule has 0 spiro atoms. The van der Waals surface area contributed by atoms with Gasteiger partial charge in [0.05, 0.1) is 46.7 Å². The first-order chi connectivity index (χ1) is 36.9. The van der Waals surface area contributed by atoms with E-state index in [9.17, 15) is 33.2 Å². The quantitative estimate of drug-likeness (QED) is 0.102. The molecule has 4 aromatic heterocycles. The molecule has 2 N–H and O–H groups in total. The highest BCUT2D eigenvalue weighted by Crippen LogP contribution is 2.34. The molecule has 4 saturated heterocycles. The Balaban J connectivity index is 0.676. The molecule has 0 atom stereocenters. The zero-order chi connectivity index (χ0) is 52.9. The van der Waals surface area contributed by atoms with Crippen molar-refractivity contribution >= 4 is 57.5 Å². The number of amides is 5. The third-order valence-corrected chi connectivity index (χ3v) is 15.4. The van der Waals surface area contributed by atoms with E-state index in [1.54, 1.807) is 21.6 Å². The maximum absolute atomic E-state index is 14.9. The van der Waals surface area contributed by atoms with Crippen LogP contribution in [0.3, 0.4) is 0 Å². The average molecular weight is 1040 g/mol. The van der Waals surface area contributed by atoms with Crippen molar-refractivity contribution in [2.24, 2.45) is 7.05 Å². The highest BCUT2D eigenvalue weighted by atomic mass is 19.1. The number of nitrogens with zero attached hydrogens (tertiary/aromatic N) is 12. The number of imide groups is 1. The van der Waals surface area contributed by atoms with Gasteiger partial charge in [0.15, 0.2) is 5.82 Å². The third-order valence-electron chi connectivity index (χ3n) is 15.4. The van der Waals surface area contributed by atoms with Gasteiger partial charge in [-0.15, -0.1) is 0 Å². The summed E-state index contributed by atoms with van der Waals surface area (Å²) >= 11 is 0. The van der Waals surface area contributed by atoms with Gasteiger partial charge in [-0.25, -0.2) is 23.1 Å². The lowest BCUT2D eigenvalue weighted by Crippen LogP contribution is -2.62. The van der Waals surface area contributed by atoms with E-state index in [-0.39, 0.29) is 23.8 Å². The first kappa shape index (κ1) is 51.8. The van der Waals surface area contributed by atoms with E-state index in [4.69, 9.17) is 9.72 Å². The van der Waals surface area contributed by atoms with Crippen LogP contribution >= 0.6 is 0 Å². The second kappa shape index (κ2) is 22.6. The normalized spacial score (nSPS) is 17.6. The number of nitrogens with one attached hydrogen (secondary N) is 2. The van der Waals surface area contributed by atoms with Gasteiger partial charge >= 0.3 is 6.03 Å². The molecule has 398 valence electrons. The molecule has 5 amide bonds. The number of piperidine rings is 1. The molecule has 4 aliphatic heterocycles. The summed E-state index contributed by atoms with van der Waals surface area (Å²) in [4.78, 5) is 69.0. The van der Waals surface area contributed by atoms with Crippen LogP contribution in [0.5, 0.6) is 5.75 Å². The van der Waals surface area contributed by atoms with Crippen LogP contribution in [0.1, 0.15) is 74.2 Å². The molecular weight excluding hydrogens is 975 g/mol. The van der Waals surface area contributed by atoms with Crippen molar-refractivity contribution in [2.75, 3.05) is 106 Å². The van der Waals surface area contributed by atoms with E-state index in [0.29, 0.717) is 101 Å². The maximum Gasteiger partial charge on any atom is 0.329 e. The summed E-state index contributed by atoms with van der Waals surface area (Å²) in [7, 11) is 1.87. The van der Waals surface area contributed by atoms with Gasteiger partial charge in [-0.2, -0.15) is 15.5 Å². The monoisotopic (exact) mass is 1040 g/mol. The lowest BCUT2D eigenvalue weighted by atomic mass is 9.86. The summed E-state index contributed by atoms with van der Waals surface area (Å²) in [5, 5.41) is 25.2. The van der Waals surface area contributed by atoms with E-state index in [1.165, 1.54) is 11.1 Å². The number of urea groups is 1. The van der Waals surface area contributed by atoms with Gasteiger partial charge in [-0.05, 0) is 93.7 Å². The van der Waals surface area contributed by atoms with Crippen LogP contribution in [0, 0.1) is 23.0 Å². The summed E-state index contributed by atoms with van der Waals surface area (Å²) in [5.74, 6) is -0.346. The van der Waals surface area contributed by atoms with Crippen LogP contribution in [0.25, 0.3) is 27.5 Å². The predicted octanol–water partition coefficient (Wildman–Crippen LogP) is 5.96. The Hall–Kier alpha value is -7.70. The van der Waals surface area contributed by atoms with E-state index in [0.717, 1.165) is 110 Å². The molecule has 4 fully saturated rings. The van der Waals surface area contributed by atoms with Crippen LogP contribution in [-0.4, -0.2) is 160 Å². The molecule has 4 aliphatic rings. The topological polar surface area (TPSA) is 193 Å². The molecular formula is C55H64F2N14O5. The molecule has 76 heavy (non-hydrogen) atoms. The number of nitriles is 1. The lowest BCUT2D eigenvalue weighted by Gasteiger charge is -2.46. The Morgan fingerprint density at radius 3 is 2.37 bits per heavy atom. The van der Waals surface area contributed by atoms with Crippen LogP contribution in [0.15, 0.2) is 73.2 Å². The van der Waals surface area contributed by atoms with Crippen molar-refractivity contribution in [3.63, 3.8) is 0 Å². The molecule has 2 aromatic carbocycles. The highest BCUT2D eigenvalue weighted by Gasteiger charge is 2.40. The summed E-state index contributed by atoms with van der Waals surface area (Å²) in [6.45, 7) is 11.4. The van der Waals surface area contributed by atoms with Crippen molar-refractivity contribution < 1.29 is 32.7 Å². The minimum Gasteiger partial charge on any atom is -0.492 e. The van der Waals surface area contributed by atoms with E-state index in [2.05, 4.69) is 58.6 Å². The number of hydrogen-bond acceptors (Lipinski definition) is 13. The van der Waals surface area contributed by atoms with Gasteiger partial charge in [0.25, 0.3) is 5.91 Å². The van der Waals surface area contributed by atoms with Crippen molar-refractivity contribution in [2.45, 2.75) is 63.8 Å². The number of rotatable bonds is 17. The van der Waals surface area contributed by atoms with Crippen LogP contribution < -0.4 is 30.1 Å². The Morgan fingerprint density at radius 2 is 1.63 bits per heavy atom. The molecule has 8 heterocycles. The van der Waals surface area contributed by atoms with Crippen LogP contribution in [0.2, 0.25) is 0 Å². The number of unbranched alkanes of at least 4 members (excludes halogenated alkanes) is 3. The number of carbonyl (C=O) groups is 4. The molecule has 0 radical (unpaired) electrons. The average Bonchev–Trinajstić information content (AvgIpc) is 4.01. The van der Waals surface area contributed by atoms with Gasteiger partial charge in [0.1, 0.15) is 29.3 Å². The Labute approximate surface area is 439 Å². The van der Waals surface area contributed by atoms with Crippen molar-refractivity contribution in [1.82, 2.24) is 49.7 Å². The molecule has 10 rings (SSSR count). The number of ether oxygens (including phenoxy) is 1. The van der Waals surface area contributed by atoms with Gasteiger partial charge in [0.2, 0.25) is 11.8 Å². The third kappa shape index (κ3) is 11.3. The lowest BCUT2D eigenvalue weighted by molar-refractivity contribution is -0.133. The SMILES string of the molecule is CCOc1cc(-c2ccc(N3CCC(CN4CCN(C(=O)CCCCCCN5CCN(c6ccc7c(N8CCC(=O)NC8=O)nn(C)c7c6)CC5)CC4)(NC(=O)c4cc(F)ccc4F)CC3)nc2)c2c(C#N)cnn2c1. The number of piperazine rings is 2. The second-order valence-corrected chi connectivity index (χ2v) is 20.3. The summed E-state index contributed by atoms with van der Waals surface area (Å²) in [5.41, 5.74) is 3.61. The summed E-state index contributed by atoms with van der Waals surface area (Å²) in [6.07, 6.45) is 10.8. The van der Waals surface area contributed by atoms with E-state index < -0.39 is 29.1 Å². The standard InChI is InChI=1S/C55H64F2N14O5/c1-3-76-42-32-44(51-39(33-58)35-60-71(51)36-42)38-9-14-48(59-34-38)68-20-16-55(17-21-68,62-53(74)45-30-40(56)10-13-46(45)57)37-66-24-28-69(29-25-66)50(73)8-6-4-5-7-18-65-22-26-67(27-23-65)41-11-12-43-47(31-41)64(2)63-52(43)70-19-15-49(72)61-54(70)75/h9-14,30-32,34-36H,3-8,15-29,37H2,1-2H3,(H,62,74)(H,61,72,75). The number of halogens is 2. The molecule has 19 nitrogen and oxygen atoms in total. The van der Waals surface area contributed by atoms with Crippen LogP contribution in [0.4, 0.5) is 30.9 Å². The fraction of sp³-hybridized carbons (Fsp3) is 0.455. The van der Waals surface area contributed by atoms with E-state index >= 15 is 0 Å². The number of carbonyl (C=O) groups excluding carboxylic acids is 4. The van der Waals surface area contributed by atoms with E-state index in [1.807, 2.05) is 43.1 Å². The maximum atomic E-state index is 14.9. The molecule has 21 heteroatoms. The number of aromatic nitrogens is 5. The minimum atomic E-state index is -0.790. The second-order valence-electron chi connectivity index (χ2n) is 20.3. The Kier molecular flexibility index (Phi) is 15.4. The fourth-order valence-electron chi connectivity index (χ4n) is 11.2. The number of aryl methyl sites for hydroxylation is 1. The van der Waals surface area contributed by atoms with Crippen molar-refractivity contribution in [3.8, 4) is 22.9 Å². The number of fused-ring (bicyclic) bond motifs is 2. The van der Waals surface area contributed by atoms with Crippen molar-refractivity contribution in [3.05, 3.63) is 95.9 Å². The number of pyridine rings is 2. The van der Waals surface area contributed by atoms with Gasteiger partial charge < -0.3 is 24.8 Å². The number of benzene rings is 2. The molecule has 0 saturated carbocycles. The predicted molar refractivity (Wildman–Crippen MR) is 283 cm³/mol. The first-order valence-electron chi connectivity index (χ1n) is 26.5. The zero-order valence-corrected chi connectivity index (χ0v) is 43.1. The summed E-state index contributed by atoms with van der Waals surface area (Å²) < 4.78 is 38.4. The molecule has 0 bridgehead atoms. The van der Waals surface area contributed by atoms with Crippen molar-refractivity contribution in [1.29, 1.82) is 5.26 Å². The summed E-state index contributed by atoms with van der Waals surface area (Å²) in [6, 6.07) is 16.7. The van der Waals surface area contributed by atoms with Gasteiger partial charge in [-0.1, -0.05) is 12.8 Å². The zero-order valence-electron chi connectivity index (χ0n) is 43.1. The number of anilines is 3. The minimum absolute atomic E-state index is 0.156.